The largest absolute Gasteiger partial charge is 0.330 e. The fraction of sp³-hybridized carbons (Fsp3) is 0.667. The summed E-state index contributed by atoms with van der Waals surface area (Å²) in [6, 6.07) is 9.70. The Morgan fingerprint density at radius 2 is 1.76 bits per heavy atom. The Kier molecular flexibility index (Phi) is 4.63. The summed E-state index contributed by atoms with van der Waals surface area (Å²) in [5.41, 5.74) is 14.5. The maximum atomic E-state index is 5.96. The highest BCUT2D eigenvalue weighted by Gasteiger charge is 2.33. The first-order chi connectivity index (χ1) is 10.2. The molecule has 1 heterocycles. The first kappa shape index (κ1) is 15.0. The van der Waals surface area contributed by atoms with Crippen molar-refractivity contribution in [3.05, 3.63) is 35.4 Å². The monoisotopic (exact) mass is 287 g/mol. The van der Waals surface area contributed by atoms with Crippen LogP contribution >= 0.6 is 0 Å². The fourth-order valence-electron chi connectivity index (χ4n) is 3.53. The maximum absolute atomic E-state index is 5.96. The molecule has 1 aromatic carbocycles. The molecule has 3 rings (SSSR count). The number of nitrogens with zero attached hydrogens (tertiary/aromatic N) is 1. The van der Waals surface area contributed by atoms with E-state index in [1.54, 1.807) is 0 Å². The van der Waals surface area contributed by atoms with Crippen LogP contribution in [0, 0.1) is 11.8 Å². The van der Waals surface area contributed by atoms with Crippen molar-refractivity contribution in [1.82, 2.24) is 4.90 Å². The molecule has 1 saturated carbocycles. The molecule has 0 aromatic heterocycles. The molecule has 0 bridgehead atoms. The van der Waals surface area contributed by atoms with Crippen LogP contribution in [0.2, 0.25) is 0 Å². The lowest BCUT2D eigenvalue weighted by Crippen LogP contribution is -2.28. The summed E-state index contributed by atoms with van der Waals surface area (Å²) < 4.78 is 0. The second-order valence-electron chi connectivity index (χ2n) is 7.04. The minimum Gasteiger partial charge on any atom is -0.330 e. The summed E-state index contributed by atoms with van der Waals surface area (Å²) in [7, 11) is 0. The SMILES string of the molecule is C[C@H](N)c1ccc(C(CC2CC2)N2CC[C@H](CN)C2)cc1. The number of hydrogen-bond donors (Lipinski definition) is 2. The third kappa shape index (κ3) is 3.65. The van der Waals surface area contributed by atoms with E-state index < -0.39 is 0 Å². The normalized spacial score (nSPS) is 26.0. The predicted octanol–water partition coefficient (Wildman–Crippen LogP) is 2.83. The fourth-order valence-corrected chi connectivity index (χ4v) is 3.53. The topological polar surface area (TPSA) is 55.3 Å². The third-order valence-electron chi connectivity index (χ3n) is 5.19. The van der Waals surface area contributed by atoms with E-state index in [0.29, 0.717) is 12.0 Å². The van der Waals surface area contributed by atoms with Gasteiger partial charge >= 0.3 is 0 Å². The Bertz CT molecular complexity index is 450. The molecule has 3 atom stereocenters. The predicted molar refractivity (Wildman–Crippen MR) is 87.9 cm³/mol. The van der Waals surface area contributed by atoms with Crippen LogP contribution in [0.5, 0.6) is 0 Å². The molecule has 21 heavy (non-hydrogen) atoms. The molecule has 1 unspecified atom stereocenters. The maximum Gasteiger partial charge on any atom is 0.0350 e. The Balaban J connectivity index is 1.75. The average Bonchev–Trinajstić information content (AvgIpc) is 3.20. The number of nitrogens with two attached hydrogens (primary N) is 2. The van der Waals surface area contributed by atoms with E-state index in [1.807, 2.05) is 6.92 Å². The van der Waals surface area contributed by atoms with Gasteiger partial charge in [-0.15, -0.1) is 0 Å². The van der Waals surface area contributed by atoms with Gasteiger partial charge in [0.2, 0.25) is 0 Å². The van der Waals surface area contributed by atoms with Crippen molar-refractivity contribution in [2.75, 3.05) is 19.6 Å². The number of likely N-dealkylation sites (tertiary alicyclic amines) is 1. The molecule has 1 aliphatic carbocycles. The van der Waals surface area contributed by atoms with E-state index in [-0.39, 0.29) is 6.04 Å². The van der Waals surface area contributed by atoms with E-state index in [9.17, 15) is 0 Å². The van der Waals surface area contributed by atoms with Gasteiger partial charge in [-0.1, -0.05) is 37.1 Å². The van der Waals surface area contributed by atoms with Crippen molar-refractivity contribution >= 4 is 0 Å². The molecule has 0 spiro atoms. The Labute approximate surface area is 128 Å². The van der Waals surface area contributed by atoms with Gasteiger partial charge in [0.05, 0.1) is 0 Å². The van der Waals surface area contributed by atoms with Crippen LogP contribution in [0.4, 0.5) is 0 Å². The van der Waals surface area contributed by atoms with Crippen molar-refractivity contribution in [1.29, 1.82) is 0 Å². The first-order valence-corrected chi connectivity index (χ1v) is 8.47. The molecule has 1 aliphatic heterocycles. The molecule has 0 amide bonds. The minimum absolute atomic E-state index is 0.120. The summed E-state index contributed by atoms with van der Waals surface area (Å²) >= 11 is 0. The molecule has 0 radical (unpaired) electrons. The van der Waals surface area contributed by atoms with Crippen molar-refractivity contribution in [3.8, 4) is 0 Å². The Morgan fingerprint density at radius 1 is 1.10 bits per heavy atom. The van der Waals surface area contributed by atoms with Crippen LogP contribution in [0.25, 0.3) is 0 Å². The van der Waals surface area contributed by atoms with Crippen LogP contribution in [0.3, 0.4) is 0 Å². The molecule has 3 heteroatoms. The highest BCUT2D eigenvalue weighted by atomic mass is 15.2. The van der Waals surface area contributed by atoms with Gasteiger partial charge in [-0.2, -0.15) is 0 Å². The Hall–Kier alpha value is -0.900. The molecule has 116 valence electrons. The van der Waals surface area contributed by atoms with Gasteiger partial charge in [-0.3, -0.25) is 4.90 Å². The number of rotatable bonds is 6. The summed E-state index contributed by atoms with van der Waals surface area (Å²) in [6.07, 6.45) is 5.41. The van der Waals surface area contributed by atoms with Gasteiger partial charge in [0.25, 0.3) is 0 Å². The van der Waals surface area contributed by atoms with E-state index in [0.717, 1.165) is 12.5 Å². The minimum atomic E-state index is 0.120. The van der Waals surface area contributed by atoms with Crippen molar-refractivity contribution in [2.45, 2.75) is 44.7 Å². The second kappa shape index (κ2) is 6.47. The van der Waals surface area contributed by atoms with Crippen LogP contribution in [-0.2, 0) is 0 Å². The molecule has 4 N–H and O–H groups in total. The average molecular weight is 287 g/mol. The van der Waals surface area contributed by atoms with E-state index in [4.69, 9.17) is 11.5 Å². The number of benzene rings is 1. The molecule has 3 nitrogen and oxygen atoms in total. The molecule has 1 aromatic rings. The molecule has 2 aliphatic rings. The van der Waals surface area contributed by atoms with Gasteiger partial charge in [-0.05, 0) is 55.8 Å². The van der Waals surface area contributed by atoms with E-state index in [1.165, 1.54) is 49.9 Å². The van der Waals surface area contributed by atoms with E-state index in [2.05, 4.69) is 29.2 Å². The summed E-state index contributed by atoms with van der Waals surface area (Å²) in [5, 5.41) is 0. The molecule has 1 saturated heterocycles. The molecule has 2 fully saturated rings. The van der Waals surface area contributed by atoms with Gasteiger partial charge < -0.3 is 11.5 Å². The highest BCUT2D eigenvalue weighted by molar-refractivity contribution is 5.27. The van der Waals surface area contributed by atoms with Gasteiger partial charge in [0.1, 0.15) is 0 Å². The highest BCUT2D eigenvalue weighted by Crippen LogP contribution is 2.41. The van der Waals surface area contributed by atoms with Crippen molar-refractivity contribution in [3.63, 3.8) is 0 Å². The molecular weight excluding hydrogens is 258 g/mol. The number of hydrogen-bond acceptors (Lipinski definition) is 3. The van der Waals surface area contributed by atoms with Crippen LogP contribution in [-0.4, -0.2) is 24.5 Å². The molecular formula is C18H29N3. The lowest BCUT2D eigenvalue weighted by molar-refractivity contribution is 0.218. The zero-order valence-electron chi connectivity index (χ0n) is 13.2. The van der Waals surface area contributed by atoms with Crippen molar-refractivity contribution < 1.29 is 0 Å². The second-order valence-corrected chi connectivity index (χ2v) is 7.04. The lowest BCUT2D eigenvalue weighted by Gasteiger charge is -2.29. The lowest BCUT2D eigenvalue weighted by atomic mass is 9.97. The first-order valence-electron chi connectivity index (χ1n) is 8.47. The summed E-state index contributed by atoms with van der Waals surface area (Å²) in [6.45, 7) is 5.25. The van der Waals surface area contributed by atoms with Gasteiger partial charge in [-0.25, -0.2) is 0 Å². The van der Waals surface area contributed by atoms with Crippen LogP contribution < -0.4 is 11.5 Å². The zero-order valence-corrected chi connectivity index (χ0v) is 13.2. The summed E-state index contributed by atoms with van der Waals surface area (Å²) in [5.74, 6) is 1.63. The quantitative estimate of drug-likeness (QED) is 0.846. The smallest absolute Gasteiger partial charge is 0.0350 e. The van der Waals surface area contributed by atoms with E-state index >= 15 is 0 Å². The van der Waals surface area contributed by atoms with Crippen LogP contribution in [0.15, 0.2) is 24.3 Å². The van der Waals surface area contributed by atoms with Gasteiger partial charge in [0, 0.05) is 18.6 Å². The third-order valence-corrected chi connectivity index (χ3v) is 5.19. The van der Waals surface area contributed by atoms with Crippen molar-refractivity contribution in [2.24, 2.45) is 23.3 Å². The Morgan fingerprint density at radius 3 is 2.29 bits per heavy atom. The summed E-state index contributed by atoms with van der Waals surface area (Å²) in [4.78, 5) is 2.66. The van der Waals surface area contributed by atoms with Crippen LogP contribution in [0.1, 0.15) is 55.8 Å². The van der Waals surface area contributed by atoms with Gasteiger partial charge in [0.15, 0.2) is 0 Å². The standard InChI is InChI=1S/C18H29N3/c1-13(20)16-4-6-17(7-5-16)18(10-14-2-3-14)21-9-8-15(11-19)12-21/h4-7,13-15,18H,2-3,8-12,19-20H2,1H3/t13-,15+,18?/m0/s1. The zero-order chi connectivity index (χ0) is 14.8.